The average molecular weight is 723 g/mol. The van der Waals surface area contributed by atoms with Crippen molar-refractivity contribution >= 4 is 50.5 Å². The first-order valence-corrected chi connectivity index (χ1v) is 19.8. The number of nitrogens with zero attached hydrogens (tertiary/aromatic N) is 1. The van der Waals surface area contributed by atoms with Crippen LogP contribution in [0.4, 0.5) is 0 Å². The highest BCUT2D eigenvalue weighted by molar-refractivity contribution is 7.92. The van der Waals surface area contributed by atoms with Gasteiger partial charge in [0.05, 0.1) is 32.1 Å². The summed E-state index contributed by atoms with van der Waals surface area (Å²) >= 11 is 7.05. The van der Waals surface area contributed by atoms with E-state index in [0.717, 1.165) is 48.8 Å². The summed E-state index contributed by atoms with van der Waals surface area (Å²) in [6.45, 7) is 9.42. The highest BCUT2D eigenvalue weighted by atomic mass is 35.5. The monoisotopic (exact) mass is 722 g/mol. The molecule has 4 N–H and O–H groups in total. The molecule has 1 aromatic heterocycles. The maximum Gasteiger partial charge on any atom is 0.262 e. The van der Waals surface area contributed by atoms with Crippen molar-refractivity contribution in [1.29, 1.82) is 0 Å². The van der Waals surface area contributed by atoms with Crippen molar-refractivity contribution in [1.82, 2.24) is 20.9 Å². The molecule has 0 spiro atoms. The van der Waals surface area contributed by atoms with Crippen molar-refractivity contribution in [3.8, 4) is 0 Å². The van der Waals surface area contributed by atoms with E-state index in [1.807, 2.05) is 51.1 Å². The molecular formula is C35H51ClN4O6S2. The smallest absolute Gasteiger partial charge is 0.262 e. The van der Waals surface area contributed by atoms with E-state index in [4.69, 9.17) is 11.6 Å². The zero-order valence-electron chi connectivity index (χ0n) is 28.8. The van der Waals surface area contributed by atoms with Crippen LogP contribution < -0.4 is 16.0 Å². The molecule has 13 heteroatoms. The number of benzene rings is 1. The standard InChI is InChI=1S/C35H51ClN4O6S2/c1-34(2,3)39-31(42)26-19-23-14-10-11-15-24(23)20-40(26)21-27(41)25(18-22-12-8-7-9-13-22)37-33(44)30(35(4,5)48(6,45)46)38-32(43)28-16-17-29(36)47-28/h7-9,12-13,16-17,23-27,30,41H,10-11,14-15,18-21H2,1-6H3,(H,37,44)(H,38,43)(H,39,42)/t23?,24?,25-,26-,27+,30+/m0/s1. The summed E-state index contributed by atoms with van der Waals surface area (Å²) < 4.78 is 24.6. The number of rotatable bonds is 12. The minimum atomic E-state index is -3.86. The predicted molar refractivity (Wildman–Crippen MR) is 191 cm³/mol. The van der Waals surface area contributed by atoms with Crippen molar-refractivity contribution < 1.29 is 27.9 Å². The van der Waals surface area contributed by atoms with E-state index in [9.17, 15) is 27.9 Å². The Morgan fingerprint density at radius 1 is 1.00 bits per heavy atom. The van der Waals surface area contributed by atoms with Gasteiger partial charge in [-0.2, -0.15) is 0 Å². The molecule has 1 saturated carbocycles. The number of β-amino-alcohol motifs (C(OH)–C–C–N with tert-alkyl or cyclic N) is 1. The van der Waals surface area contributed by atoms with Gasteiger partial charge in [0.1, 0.15) is 6.04 Å². The molecule has 266 valence electrons. The van der Waals surface area contributed by atoms with Gasteiger partial charge in [-0.3, -0.25) is 19.3 Å². The van der Waals surface area contributed by atoms with Gasteiger partial charge < -0.3 is 21.1 Å². The molecule has 1 aliphatic carbocycles. The van der Waals surface area contributed by atoms with Crippen LogP contribution in [0.5, 0.6) is 0 Å². The fourth-order valence-electron chi connectivity index (χ4n) is 6.82. The molecular weight excluding hydrogens is 672 g/mol. The normalized spacial score (nSPS) is 22.5. The van der Waals surface area contributed by atoms with Gasteiger partial charge in [0.2, 0.25) is 11.8 Å². The number of nitrogens with one attached hydrogen (secondary N) is 3. The molecule has 2 fully saturated rings. The number of fused-ring (bicyclic) bond motifs is 1. The van der Waals surface area contributed by atoms with Gasteiger partial charge >= 0.3 is 0 Å². The third-order valence-electron chi connectivity index (χ3n) is 9.80. The Morgan fingerprint density at radius 2 is 1.65 bits per heavy atom. The second-order valence-corrected chi connectivity index (χ2v) is 19.3. The molecule has 1 aliphatic heterocycles. The zero-order valence-corrected chi connectivity index (χ0v) is 31.2. The van der Waals surface area contributed by atoms with Crippen LogP contribution in [-0.4, -0.2) is 90.0 Å². The lowest BCUT2D eigenvalue weighted by Gasteiger charge is -2.47. The second kappa shape index (κ2) is 15.6. The number of amides is 3. The largest absolute Gasteiger partial charge is 0.390 e. The van der Waals surface area contributed by atoms with Gasteiger partial charge in [-0.25, -0.2) is 8.42 Å². The van der Waals surface area contributed by atoms with E-state index in [1.54, 1.807) is 6.07 Å². The molecule has 10 nitrogen and oxygen atoms in total. The lowest BCUT2D eigenvalue weighted by atomic mass is 9.72. The summed E-state index contributed by atoms with van der Waals surface area (Å²) in [5.74, 6) is -0.577. The highest BCUT2D eigenvalue weighted by Gasteiger charge is 2.46. The number of carbonyl (C=O) groups is 3. The molecule has 0 radical (unpaired) electrons. The number of thiophene rings is 1. The van der Waals surface area contributed by atoms with Gasteiger partial charge in [-0.05, 0) is 83.4 Å². The maximum atomic E-state index is 14.1. The number of piperidine rings is 1. The summed E-state index contributed by atoms with van der Waals surface area (Å²) in [6.07, 6.45) is 5.32. The van der Waals surface area contributed by atoms with Gasteiger partial charge in [0.15, 0.2) is 9.84 Å². The molecule has 2 aromatic rings. The number of likely N-dealkylation sites (tertiary alicyclic amines) is 1. The quantitative estimate of drug-likeness (QED) is 0.257. The number of hydrogen-bond acceptors (Lipinski definition) is 8. The maximum absolute atomic E-state index is 14.1. The third kappa shape index (κ3) is 9.80. The topological polar surface area (TPSA) is 145 Å². The van der Waals surface area contributed by atoms with Crippen LogP contribution in [0.1, 0.15) is 82.0 Å². The van der Waals surface area contributed by atoms with E-state index in [0.29, 0.717) is 29.1 Å². The van der Waals surface area contributed by atoms with Crippen LogP contribution in [0.2, 0.25) is 4.34 Å². The van der Waals surface area contributed by atoms with Crippen LogP contribution in [-0.2, 0) is 25.8 Å². The summed E-state index contributed by atoms with van der Waals surface area (Å²) in [6, 6.07) is 9.66. The molecule has 1 aromatic carbocycles. The Labute approximate surface area is 294 Å². The van der Waals surface area contributed by atoms with Gasteiger partial charge in [-0.15, -0.1) is 11.3 Å². The lowest BCUT2D eigenvalue weighted by Crippen LogP contribution is -2.64. The number of carbonyl (C=O) groups excluding carboxylic acids is 3. The molecule has 2 heterocycles. The van der Waals surface area contributed by atoms with Crippen LogP contribution in [0.25, 0.3) is 0 Å². The van der Waals surface area contributed by atoms with Crippen LogP contribution in [0.15, 0.2) is 42.5 Å². The van der Waals surface area contributed by atoms with Crippen LogP contribution in [0, 0.1) is 11.8 Å². The zero-order chi connectivity index (χ0) is 35.4. The van der Waals surface area contributed by atoms with Crippen LogP contribution >= 0.6 is 22.9 Å². The summed E-state index contributed by atoms with van der Waals surface area (Å²) in [5, 5.41) is 20.6. The van der Waals surface area contributed by atoms with Gasteiger partial charge in [0, 0.05) is 24.9 Å². The van der Waals surface area contributed by atoms with Crippen molar-refractivity contribution in [2.24, 2.45) is 11.8 Å². The fourth-order valence-corrected chi connectivity index (χ4v) is 8.36. The van der Waals surface area contributed by atoms with E-state index >= 15 is 0 Å². The Morgan fingerprint density at radius 3 is 2.23 bits per heavy atom. The SMILES string of the molecule is CC(C)(C)NC(=O)[C@@H]1CC2CCCCC2CN1C[C@@H](O)[C@H](Cc1ccccc1)NC(=O)[C@@H](NC(=O)c1ccc(Cl)s1)C(C)(C)S(C)(=O)=O. The van der Waals surface area contributed by atoms with E-state index in [2.05, 4.69) is 20.9 Å². The Bertz CT molecular complexity index is 1540. The lowest BCUT2D eigenvalue weighted by molar-refractivity contribution is -0.133. The number of sulfone groups is 1. The van der Waals surface area contributed by atoms with Crippen molar-refractivity contribution in [2.45, 2.75) is 108 Å². The summed E-state index contributed by atoms with van der Waals surface area (Å²) in [5.41, 5.74) is 0.431. The fraction of sp³-hybridized carbons (Fsp3) is 0.629. The third-order valence-corrected chi connectivity index (χ3v) is 13.2. The van der Waals surface area contributed by atoms with Crippen molar-refractivity contribution in [3.05, 3.63) is 57.2 Å². The minimum Gasteiger partial charge on any atom is -0.390 e. The van der Waals surface area contributed by atoms with Crippen molar-refractivity contribution in [3.63, 3.8) is 0 Å². The Balaban J connectivity index is 1.62. The second-order valence-electron chi connectivity index (χ2n) is 15.0. The first-order valence-electron chi connectivity index (χ1n) is 16.7. The Hall–Kier alpha value is -2.51. The highest BCUT2D eigenvalue weighted by Crippen LogP contribution is 2.39. The Kier molecular flexibility index (Phi) is 12.4. The molecule has 6 atom stereocenters. The van der Waals surface area contributed by atoms with Crippen molar-refractivity contribution in [2.75, 3.05) is 19.3 Å². The number of halogens is 1. The predicted octanol–water partition coefficient (Wildman–Crippen LogP) is 4.21. The molecule has 48 heavy (non-hydrogen) atoms. The molecule has 0 bridgehead atoms. The van der Waals surface area contributed by atoms with Crippen LogP contribution in [0.3, 0.4) is 0 Å². The molecule has 4 rings (SSSR count). The number of aliphatic hydroxyl groups is 1. The molecule has 2 aliphatic rings. The summed E-state index contributed by atoms with van der Waals surface area (Å²) in [4.78, 5) is 43.2. The first-order chi connectivity index (χ1) is 22.4. The van der Waals surface area contributed by atoms with Gasteiger partial charge in [-0.1, -0.05) is 61.2 Å². The average Bonchev–Trinajstić information content (AvgIpc) is 3.44. The number of aliphatic hydroxyl groups excluding tert-OH is 1. The molecule has 3 amide bonds. The number of hydrogen-bond donors (Lipinski definition) is 4. The van der Waals surface area contributed by atoms with Gasteiger partial charge in [0.25, 0.3) is 5.91 Å². The minimum absolute atomic E-state index is 0.0753. The first kappa shape index (κ1) is 38.3. The van der Waals surface area contributed by atoms with E-state index < -0.39 is 56.2 Å². The molecule has 1 saturated heterocycles. The summed E-state index contributed by atoms with van der Waals surface area (Å²) in [7, 11) is -3.86. The molecule has 2 unspecified atom stereocenters. The van der Waals surface area contributed by atoms with E-state index in [-0.39, 0.29) is 23.7 Å². The van der Waals surface area contributed by atoms with E-state index in [1.165, 1.54) is 19.9 Å².